The van der Waals surface area contributed by atoms with Crippen LogP contribution in [0.4, 0.5) is 0 Å². The van der Waals surface area contributed by atoms with Gasteiger partial charge in [-0.2, -0.15) is 0 Å². The molecule has 0 aliphatic carbocycles. The van der Waals surface area contributed by atoms with Gasteiger partial charge in [0.2, 0.25) is 0 Å². The van der Waals surface area contributed by atoms with Gasteiger partial charge in [-0.05, 0) is 58.0 Å². The van der Waals surface area contributed by atoms with Crippen molar-refractivity contribution in [3.05, 3.63) is 58.7 Å². The van der Waals surface area contributed by atoms with Crippen molar-refractivity contribution in [2.24, 2.45) is 0 Å². The van der Waals surface area contributed by atoms with Crippen molar-refractivity contribution in [1.29, 1.82) is 0 Å². The Balaban J connectivity index is 2.37. The van der Waals surface area contributed by atoms with Crippen molar-refractivity contribution in [1.82, 2.24) is 0 Å². The summed E-state index contributed by atoms with van der Waals surface area (Å²) in [4.78, 5) is 0. The molecule has 0 unspecified atom stereocenters. The van der Waals surface area contributed by atoms with E-state index in [0.717, 1.165) is 0 Å². The second kappa shape index (κ2) is 5.02. The van der Waals surface area contributed by atoms with E-state index in [9.17, 15) is 0 Å². The van der Waals surface area contributed by atoms with Gasteiger partial charge in [0.1, 0.15) is 0 Å². The third kappa shape index (κ3) is 2.96. The van der Waals surface area contributed by atoms with Crippen LogP contribution >= 0.6 is 8.58 Å². The van der Waals surface area contributed by atoms with E-state index in [2.05, 4.69) is 64.1 Å². The van der Waals surface area contributed by atoms with Gasteiger partial charge in [0, 0.05) is 0 Å². The van der Waals surface area contributed by atoms with Crippen LogP contribution in [-0.4, -0.2) is 0 Å². The Labute approximate surface area is 106 Å². The lowest BCUT2D eigenvalue weighted by Crippen LogP contribution is -2.10. The lowest BCUT2D eigenvalue weighted by Gasteiger charge is -2.09. The second-order valence-corrected chi connectivity index (χ2v) is 5.88. The number of aryl methyl sites for hydroxylation is 4. The highest BCUT2D eigenvalue weighted by Crippen LogP contribution is 2.17. The molecule has 2 aromatic rings. The summed E-state index contributed by atoms with van der Waals surface area (Å²) in [6.07, 6.45) is 0. The second-order valence-electron chi connectivity index (χ2n) is 4.69. The molecule has 1 radical (unpaired) electrons. The van der Waals surface area contributed by atoms with Gasteiger partial charge in [-0.3, -0.25) is 0 Å². The lowest BCUT2D eigenvalue weighted by atomic mass is 10.2. The molecule has 0 atom stereocenters. The van der Waals surface area contributed by atoms with Crippen LogP contribution in [-0.2, 0) is 0 Å². The molecule has 0 fully saturated rings. The molecule has 2 aromatic carbocycles. The molecule has 0 N–H and O–H groups in total. The summed E-state index contributed by atoms with van der Waals surface area (Å²) in [5.41, 5.74) is 5.42. The van der Waals surface area contributed by atoms with Gasteiger partial charge in [0.25, 0.3) is 0 Å². The Bertz CT molecular complexity index is 492. The summed E-state index contributed by atoms with van der Waals surface area (Å²) >= 11 is 0. The molecule has 2 rings (SSSR count). The normalized spacial score (nSPS) is 10.6. The zero-order valence-corrected chi connectivity index (χ0v) is 11.8. The number of hydrogen-bond acceptors (Lipinski definition) is 0. The van der Waals surface area contributed by atoms with Crippen molar-refractivity contribution >= 4 is 19.2 Å². The smallest absolute Gasteiger partial charge is 0.00945 e. The summed E-state index contributed by atoms with van der Waals surface area (Å²) in [6.45, 7) is 8.68. The van der Waals surface area contributed by atoms with Crippen LogP contribution < -0.4 is 10.6 Å². The van der Waals surface area contributed by atoms with Crippen LogP contribution in [0.3, 0.4) is 0 Å². The summed E-state index contributed by atoms with van der Waals surface area (Å²) in [5.74, 6) is 0. The molecular weight excluding hydrogens is 223 g/mol. The minimum Gasteiger partial charge on any atom is -0.0590 e. The van der Waals surface area contributed by atoms with E-state index < -0.39 is 0 Å². The van der Waals surface area contributed by atoms with Gasteiger partial charge >= 0.3 is 0 Å². The van der Waals surface area contributed by atoms with Crippen molar-refractivity contribution in [2.75, 3.05) is 0 Å². The van der Waals surface area contributed by atoms with Crippen LogP contribution in [0, 0.1) is 27.7 Å². The molecule has 0 amide bonds. The summed E-state index contributed by atoms with van der Waals surface area (Å²) in [6, 6.07) is 13.4. The molecule has 1 heteroatoms. The van der Waals surface area contributed by atoms with Crippen LogP contribution in [0.25, 0.3) is 0 Å². The summed E-state index contributed by atoms with van der Waals surface area (Å²) in [7, 11) is 1.32. The van der Waals surface area contributed by atoms with Crippen molar-refractivity contribution in [3.63, 3.8) is 0 Å². The molecule has 0 saturated heterocycles. The van der Waals surface area contributed by atoms with E-state index >= 15 is 0 Å². The molecular formula is C16H18P. The Morgan fingerprint density at radius 1 is 0.647 bits per heavy atom. The van der Waals surface area contributed by atoms with Gasteiger partial charge in [-0.25, -0.2) is 0 Å². The molecule has 0 aliphatic rings. The van der Waals surface area contributed by atoms with Gasteiger partial charge in [-0.1, -0.05) is 47.5 Å². The van der Waals surface area contributed by atoms with Crippen molar-refractivity contribution in [2.45, 2.75) is 27.7 Å². The highest BCUT2D eigenvalue weighted by atomic mass is 31.1. The van der Waals surface area contributed by atoms with Gasteiger partial charge in [-0.15, -0.1) is 0 Å². The van der Waals surface area contributed by atoms with E-state index in [4.69, 9.17) is 0 Å². The standard InChI is InChI=1S/C16H18P/c1-11-5-7-13(3)15(9-11)17-16-10-12(2)6-8-14(16)4/h5-10H,1-4H3. The molecule has 0 aromatic heterocycles. The van der Waals surface area contributed by atoms with Crippen LogP contribution in [0.2, 0.25) is 0 Å². The van der Waals surface area contributed by atoms with Gasteiger partial charge in [0.05, 0.1) is 0 Å². The molecule has 0 aliphatic heterocycles. The molecule has 17 heavy (non-hydrogen) atoms. The highest BCUT2D eigenvalue weighted by Gasteiger charge is 2.04. The zero-order valence-electron chi connectivity index (χ0n) is 10.9. The average molecular weight is 241 g/mol. The van der Waals surface area contributed by atoms with Crippen LogP contribution in [0.5, 0.6) is 0 Å². The first kappa shape index (κ1) is 12.3. The largest absolute Gasteiger partial charge is 0.0590 e. The van der Waals surface area contributed by atoms with Crippen LogP contribution in [0.1, 0.15) is 22.3 Å². The third-order valence-electron chi connectivity index (χ3n) is 2.97. The van der Waals surface area contributed by atoms with E-state index in [-0.39, 0.29) is 0 Å². The van der Waals surface area contributed by atoms with E-state index in [1.165, 1.54) is 41.4 Å². The Hall–Kier alpha value is -1.13. The van der Waals surface area contributed by atoms with Crippen LogP contribution in [0.15, 0.2) is 36.4 Å². The predicted octanol–water partition coefficient (Wildman–Crippen LogP) is 3.82. The minimum atomic E-state index is 1.32. The quantitative estimate of drug-likeness (QED) is 0.701. The fourth-order valence-corrected chi connectivity index (χ4v) is 3.11. The summed E-state index contributed by atoms with van der Waals surface area (Å²) in [5, 5.41) is 2.83. The lowest BCUT2D eigenvalue weighted by molar-refractivity contribution is 1.42. The van der Waals surface area contributed by atoms with E-state index in [1.807, 2.05) is 0 Å². The first-order chi connectivity index (χ1) is 8.06. The zero-order chi connectivity index (χ0) is 12.4. The molecule has 0 spiro atoms. The van der Waals surface area contributed by atoms with Gasteiger partial charge in [0.15, 0.2) is 0 Å². The molecule has 0 saturated carbocycles. The van der Waals surface area contributed by atoms with E-state index in [1.54, 1.807) is 0 Å². The van der Waals surface area contributed by atoms with E-state index in [0.29, 0.717) is 0 Å². The molecule has 0 nitrogen and oxygen atoms in total. The SMILES string of the molecule is Cc1ccc(C)c([P]c2cc(C)ccc2C)c1. The Morgan fingerprint density at radius 3 is 1.47 bits per heavy atom. The third-order valence-corrected chi connectivity index (χ3v) is 4.42. The van der Waals surface area contributed by atoms with Gasteiger partial charge < -0.3 is 0 Å². The monoisotopic (exact) mass is 241 g/mol. The van der Waals surface area contributed by atoms with Crippen molar-refractivity contribution < 1.29 is 0 Å². The maximum absolute atomic E-state index is 2.29. The Morgan fingerprint density at radius 2 is 1.06 bits per heavy atom. The fraction of sp³-hybridized carbons (Fsp3) is 0.250. The molecule has 0 heterocycles. The first-order valence-electron chi connectivity index (χ1n) is 5.92. The van der Waals surface area contributed by atoms with Crippen molar-refractivity contribution in [3.8, 4) is 0 Å². The number of benzene rings is 2. The number of hydrogen-bond donors (Lipinski definition) is 0. The first-order valence-corrected chi connectivity index (χ1v) is 6.82. The number of rotatable bonds is 2. The topological polar surface area (TPSA) is 0 Å². The molecule has 0 bridgehead atoms. The fourth-order valence-electron chi connectivity index (χ4n) is 1.81. The maximum atomic E-state index is 2.29. The highest BCUT2D eigenvalue weighted by molar-refractivity contribution is 7.55. The maximum Gasteiger partial charge on any atom is -0.00945 e. The molecule has 87 valence electrons. The Kier molecular flexibility index (Phi) is 3.64. The summed E-state index contributed by atoms with van der Waals surface area (Å²) < 4.78 is 0. The predicted molar refractivity (Wildman–Crippen MR) is 78.0 cm³/mol. The minimum absolute atomic E-state index is 1.32. The average Bonchev–Trinajstić information content (AvgIpc) is 2.28.